The lowest BCUT2D eigenvalue weighted by Gasteiger charge is -2.19. The van der Waals surface area contributed by atoms with Crippen molar-refractivity contribution in [3.63, 3.8) is 0 Å². The summed E-state index contributed by atoms with van der Waals surface area (Å²) < 4.78 is 26.4. The van der Waals surface area contributed by atoms with E-state index in [0.717, 1.165) is 26.1 Å². The Labute approximate surface area is 144 Å². The Morgan fingerprint density at radius 3 is 2.42 bits per heavy atom. The molecule has 0 aromatic heterocycles. The quantitative estimate of drug-likeness (QED) is 0.804. The van der Waals surface area contributed by atoms with Gasteiger partial charge in [-0.2, -0.15) is 4.31 Å². The van der Waals surface area contributed by atoms with E-state index in [-0.39, 0.29) is 10.8 Å². The van der Waals surface area contributed by atoms with Gasteiger partial charge in [-0.3, -0.25) is 4.79 Å². The highest BCUT2D eigenvalue weighted by Gasteiger charge is 2.27. The molecule has 7 heteroatoms. The minimum Gasteiger partial charge on any atom is -0.338 e. The van der Waals surface area contributed by atoms with Crippen LogP contribution in [0.3, 0.4) is 0 Å². The highest BCUT2D eigenvalue weighted by Crippen LogP contribution is 2.20. The lowest BCUT2D eigenvalue weighted by atomic mass is 10.1. The van der Waals surface area contributed by atoms with Gasteiger partial charge in [-0.05, 0) is 50.2 Å². The maximum atomic E-state index is 12.5. The van der Waals surface area contributed by atoms with Crippen molar-refractivity contribution in [1.82, 2.24) is 14.5 Å². The second-order valence-corrected chi connectivity index (χ2v) is 8.02. The number of sulfonamides is 1. The smallest absolute Gasteiger partial charge is 0.253 e. The van der Waals surface area contributed by atoms with E-state index in [1.54, 1.807) is 12.1 Å². The highest BCUT2D eigenvalue weighted by atomic mass is 32.2. The normalized spacial score (nSPS) is 18.3. The molecule has 1 saturated heterocycles. The van der Waals surface area contributed by atoms with Gasteiger partial charge in [0.1, 0.15) is 0 Å². The van der Waals surface area contributed by atoms with E-state index in [1.165, 1.54) is 16.4 Å². The second kappa shape index (κ2) is 8.09. The maximum absolute atomic E-state index is 12.5. The van der Waals surface area contributed by atoms with E-state index in [0.29, 0.717) is 24.6 Å². The molecule has 134 valence electrons. The number of likely N-dealkylation sites (tertiary alicyclic amines) is 1. The largest absolute Gasteiger partial charge is 0.338 e. The molecule has 2 rings (SSSR count). The molecule has 1 heterocycles. The van der Waals surface area contributed by atoms with Gasteiger partial charge in [-0.25, -0.2) is 8.42 Å². The average Bonchev–Trinajstić information content (AvgIpc) is 3.04. The Kier molecular flexibility index (Phi) is 6.37. The molecule has 1 aromatic carbocycles. The van der Waals surface area contributed by atoms with Crippen LogP contribution in [0.5, 0.6) is 0 Å². The summed E-state index contributed by atoms with van der Waals surface area (Å²) in [5, 5.41) is 3.15. The monoisotopic (exact) mass is 353 g/mol. The van der Waals surface area contributed by atoms with Crippen molar-refractivity contribution >= 4 is 15.9 Å². The zero-order valence-corrected chi connectivity index (χ0v) is 15.5. The zero-order valence-electron chi connectivity index (χ0n) is 14.7. The molecule has 0 bridgehead atoms. The predicted octanol–water partition coefficient (Wildman–Crippen LogP) is 1.40. The van der Waals surface area contributed by atoms with Crippen LogP contribution in [0.25, 0.3) is 0 Å². The summed E-state index contributed by atoms with van der Waals surface area (Å²) in [6.45, 7) is 6.90. The molecule has 0 radical (unpaired) electrons. The Hall–Kier alpha value is -1.44. The van der Waals surface area contributed by atoms with Gasteiger partial charge < -0.3 is 10.2 Å². The first-order chi connectivity index (χ1) is 11.4. The van der Waals surface area contributed by atoms with Crippen molar-refractivity contribution in [2.24, 2.45) is 5.92 Å². The Bertz CT molecular complexity index is 654. The second-order valence-electron chi connectivity index (χ2n) is 6.08. The van der Waals surface area contributed by atoms with E-state index in [1.807, 2.05) is 25.8 Å². The van der Waals surface area contributed by atoms with Gasteiger partial charge in [0.15, 0.2) is 0 Å². The fraction of sp³-hybridized carbons (Fsp3) is 0.588. The van der Waals surface area contributed by atoms with Gasteiger partial charge in [-0.1, -0.05) is 13.8 Å². The first kappa shape index (κ1) is 18.9. The van der Waals surface area contributed by atoms with Crippen molar-refractivity contribution in [2.75, 3.05) is 39.8 Å². The van der Waals surface area contributed by atoms with E-state index in [9.17, 15) is 13.2 Å². The molecule has 1 unspecified atom stereocenters. The summed E-state index contributed by atoms with van der Waals surface area (Å²) in [5.41, 5.74) is 0.540. The molecule has 1 aliphatic heterocycles. The number of nitrogens with one attached hydrogen (secondary N) is 1. The van der Waals surface area contributed by atoms with Crippen molar-refractivity contribution in [2.45, 2.75) is 25.2 Å². The molecular formula is C17H27N3O3S. The Balaban J connectivity index is 2.11. The topological polar surface area (TPSA) is 69.7 Å². The van der Waals surface area contributed by atoms with Gasteiger partial charge >= 0.3 is 0 Å². The first-order valence-corrected chi connectivity index (χ1v) is 9.92. The fourth-order valence-corrected chi connectivity index (χ4v) is 4.60. The molecule has 1 aromatic rings. The summed E-state index contributed by atoms with van der Waals surface area (Å²) in [6.07, 6.45) is 1.00. The Morgan fingerprint density at radius 2 is 1.88 bits per heavy atom. The summed E-state index contributed by atoms with van der Waals surface area (Å²) in [5.74, 6) is 0.460. The van der Waals surface area contributed by atoms with E-state index in [4.69, 9.17) is 0 Å². The van der Waals surface area contributed by atoms with Gasteiger partial charge in [0.2, 0.25) is 10.0 Å². The zero-order chi connectivity index (χ0) is 17.7. The van der Waals surface area contributed by atoms with Gasteiger partial charge in [0, 0.05) is 31.7 Å². The third-order valence-electron chi connectivity index (χ3n) is 4.51. The molecule has 0 aliphatic carbocycles. The van der Waals surface area contributed by atoms with Crippen molar-refractivity contribution in [3.05, 3.63) is 29.8 Å². The van der Waals surface area contributed by atoms with Crippen molar-refractivity contribution in [3.8, 4) is 0 Å². The summed E-state index contributed by atoms with van der Waals surface area (Å²) in [7, 11) is -1.56. The number of carbonyl (C=O) groups excluding carboxylic acids is 1. The third-order valence-corrected chi connectivity index (χ3v) is 6.57. The predicted molar refractivity (Wildman–Crippen MR) is 94.5 cm³/mol. The lowest BCUT2D eigenvalue weighted by molar-refractivity contribution is 0.0787. The van der Waals surface area contributed by atoms with E-state index < -0.39 is 10.0 Å². The molecular weight excluding hydrogens is 326 g/mol. The number of hydrogen-bond acceptors (Lipinski definition) is 4. The summed E-state index contributed by atoms with van der Waals surface area (Å²) in [6, 6.07) is 6.29. The molecule has 0 saturated carbocycles. The minimum atomic E-state index is -3.48. The molecule has 1 amide bonds. The van der Waals surface area contributed by atoms with Gasteiger partial charge in [0.05, 0.1) is 4.90 Å². The maximum Gasteiger partial charge on any atom is 0.253 e. The van der Waals surface area contributed by atoms with Crippen LogP contribution in [-0.4, -0.2) is 63.3 Å². The number of rotatable bonds is 7. The van der Waals surface area contributed by atoms with Crippen LogP contribution in [-0.2, 0) is 10.0 Å². The van der Waals surface area contributed by atoms with Crippen LogP contribution in [0.1, 0.15) is 30.6 Å². The molecule has 6 nitrogen and oxygen atoms in total. The van der Waals surface area contributed by atoms with E-state index >= 15 is 0 Å². The highest BCUT2D eigenvalue weighted by molar-refractivity contribution is 7.89. The lowest BCUT2D eigenvalue weighted by Crippen LogP contribution is -2.31. The van der Waals surface area contributed by atoms with Crippen molar-refractivity contribution in [1.29, 1.82) is 0 Å². The first-order valence-electron chi connectivity index (χ1n) is 8.48. The molecule has 0 spiro atoms. The van der Waals surface area contributed by atoms with Gasteiger partial charge in [-0.15, -0.1) is 0 Å². The summed E-state index contributed by atoms with van der Waals surface area (Å²) >= 11 is 0. The molecule has 1 aliphatic rings. The minimum absolute atomic E-state index is 0.0274. The SMILES string of the molecule is CCN(CC)S(=O)(=O)c1ccc(C(=O)N2CCC(CNC)C2)cc1. The van der Waals surface area contributed by atoms with Crippen LogP contribution in [0.2, 0.25) is 0 Å². The number of amides is 1. The number of carbonyl (C=O) groups is 1. The van der Waals surface area contributed by atoms with Crippen molar-refractivity contribution < 1.29 is 13.2 Å². The fourth-order valence-electron chi connectivity index (χ4n) is 3.14. The van der Waals surface area contributed by atoms with Crippen LogP contribution in [0, 0.1) is 5.92 Å². The van der Waals surface area contributed by atoms with Crippen LogP contribution in [0.4, 0.5) is 0 Å². The molecule has 1 atom stereocenters. The number of hydrogen-bond donors (Lipinski definition) is 1. The molecule has 1 fully saturated rings. The summed E-state index contributed by atoms with van der Waals surface area (Å²) in [4.78, 5) is 14.6. The van der Waals surface area contributed by atoms with E-state index in [2.05, 4.69) is 5.32 Å². The van der Waals surface area contributed by atoms with Gasteiger partial charge in [0.25, 0.3) is 5.91 Å². The standard InChI is InChI=1S/C17H27N3O3S/c1-4-20(5-2)24(22,23)16-8-6-15(7-9-16)17(21)19-11-10-14(13-19)12-18-3/h6-9,14,18H,4-5,10-13H2,1-3H3. The van der Waals surface area contributed by atoms with Crippen LogP contribution < -0.4 is 5.32 Å². The molecule has 1 N–H and O–H groups in total. The number of benzene rings is 1. The molecule has 24 heavy (non-hydrogen) atoms. The van der Waals surface area contributed by atoms with Crippen LogP contribution in [0.15, 0.2) is 29.2 Å². The average molecular weight is 353 g/mol. The number of nitrogens with zero attached hydrogens (tertiary/aromatic N) is 2. The third kappa shape index (κ3) is 3.96. The van der Waals surface area contributed by atoms with Crippen LogP contribution >= 0.6 is 0 Å². The Morgan fingerprint density at radius 1 is 1.25 bits per heavy atom.